The molecule has 3 aromatic rings. The Morgan fingerprint density at radius 1 is 0.926 bits per heavy atom. The summed E-state index contributed by atoms with van der Waals surface area (Å²) in [5.41, 5.74) is 1.79. The van der Waals surface area contributed by atoms with Crippen molar-refractivity contribution in [3.05, 3.63) is 65.5 Å². The summed E-state index contributed by atoms with van der Waals surface area (Å²) in [6, 6.07) is 13.0. The van der Waals surface area contributed by atoms with E-state index in [9.17, 15) is 14.4 Å². The maximum atomic E-state index is 12.7. The van der Waals surface area contributed by atoms with Crippen LogP contribution in [0.15, 0.2) is 48.5 Å². The number of nitrogens with zero attached hydrogens (tertiary/aromatic N) is 3. The molecule has 2 aromatic carbocycles. The Morgan fingerprint density at radius 3 is 2.00 bits per heavy atom. The third kappa shape index (κ3) is 2.81. The third-order valence-electron chi connectivity index (χ3n) is 4.17. The number of carbonyl (C=O) groups excluding carboxylic acids is 3. The van der Waals surface area contributed by atoms with E-state index in [-0.39, 0.29) is 30.4 Å². The molecule has 0 fully saturated rings. The van der Waals surface area contributed by atoms with Crippen molar-refractivity contribution >= 4 is 34.4 Å². The van der Waals surface area contributed by atoms with Crippen LogP contribution >= 0.6 is 0 Å². The molecule has 8 nitrogen and oxygen atoms in total. The number of aromatic nitrogens is 2. The van der Waals surface area contributed by atoms with Crippen LogP contribution in [0.3, 0.4) is 0 Å². The molecule has 2 N–H and O–H groups in total. The van der Waals surface area contributed by atoms with E-state index in [0.29, 0.717) is 22.3 Å². The van der Waals surface area contributed by atoms with Gasteiger partial charge in [-0.05, 0) is 36.4 Å². The van der Waals surface area contributed by atoms with Crippen LogP contribution in [0.25, 0.3) is 11.0 Å². The van der Waals surface area contributed by atoms with E-state index in [1.165, 1.54) is 24.3 Å². The molecule has 0 unspecified atom stereocenters. The lowest BCUT2D eigenvalue weighted by molar-refractivity contribution is 0.0920. The predicted octanol–water partition coefficient (Wildman–Crippen LogP) is 1.15. The van der Waals surface area contributed by atoms with Gasteiger partial charge in [0.15, 0.2) is 11.4 Å². The van der Waals surface area contributed by atoms with Crippen LogP contribution in [-0.2, 0) is 0 Å². The first kappa shape index (κ1) is 16.8. The Morgan fingerprint density at radius 2 is 1.48 bits per heavy atom. The van der Waals surface area contributed by atoms with Crippen molar-refractivity contribution in [3.63, 3.8) is 0 Å². The van der Waals surface area contributed by atoms with Crippen LogP contribution < -0.4 is 10.2 Å². The quantitative estimate of drug-likeness (QED) is 0.674. The molecule has 27 heavy (non-hydrogen) atoms. The van der Waals surface area contributed by atoms with Gasteiger partial charge in [0.05, 0.1) is 23.3 Å². The Balaban J connectivity index is 1.66. The zero-order valence-corrected chi connectivity index (χ0v) is 14.0. The number of fused-ring (bicyclic) bond motifs is 2. The normalized spacial score (nSPS) is 13.1. The van der Waals surface area contributed by atoms with E-state index in [0.717, 1.165) is 4.90 Å². The largest absolute Gasteiger partial charge is 0.395 e. The molecule has 3 amide bonds. The second-order valence-electron chi connectivity index (χ2n) is 5.88. The van der Waals surface area contributed by atoms with Gasteiger partial charge in [-0.3, -0.25) is 14.4 Å². The standard InChI is InChI=1S/C19H14N4O4/c24-10-9-20-17(25)11-5-7-12(8-6-11)23-18(26)15-16(19(23)27)22-14-4-2-1-3-13(14)21-15/h1-8,24H,9-10H2,(H,20,25). The van der Waals surface area contributed by atoms with Crippen molar-refractivity contribution in [2.75, 3.05) is 18.1 Å². The van der Waals surface area contributed by atoms with Crippen molar-refractivity contribution in [1.29, 1.82) is 0 Å². The molecule has 8 heteroatoms. The number of para-hydroxylation sites is 2. The summed E-state index contributed by atoms with van der Waals surface area (Å²) in [5.74, 6) is -1.45. The molecular formula is C19H14N4O4. The molecule has 134 valence electrons. The summed E-state index contributed by atoms with van der Waals surface area (Å²) in [6.45, 7) is -0.0168. The molecule has 4 rings (SSSR count). The molecule has 0 atom stereocenters. The zero-order valence-electron chi connectivity index (χ0n) is 14.0. The Bertz CT molecular complexity index is 1020. The van der Waals surface area contributed by atoms with E-state index in [1.54, 1.807) is 24.3 Å². The maximum absolute atomic E-state index is 12.7. The molecule has 0 saturated heterocycles. The van der Waals surface area contributed by atoms with Gasteiger partial charge in [-0.2, -0.15) is 0 Å². The summed E-state index contributed by atoms with van der Waals surface area (Å²) >= 11 is 0. The Hall–Kier alpha value is -3.65. The summed E-state index contributed by atoms with van der Waals surface area (Å²) in [4.78, 5) is 46.9. The number of rotatable bonds is 4. The molecule has 1 aliphatic heterocycles. The first-order chi connectivity index (χ1) is 13.1. The molecular weight excluding hydrogens is 348 g/mol. The van der Waals surface area contributed by atoms with Gasteiger partial charge in [0.2, 0.25) is 0 Å². The molecule has 1 aliphatic rings. The van der Waals surface area contributed by atoms with E-state index < -0.39 is 11.8 Å². The fourth-order valence-corrected chi connectivity index (χ4v) is 2.87. The van der Waals surface area contributed by atoms with Gasteiger partial charge in [-0.25, -0.2) is 14.9 Å². The zero-order chi connectivity index (χ0) is 19.0. The number of aliphatic hydroxyl groups excluding tert-OH is 1. The average Bonchev–Trinajstić information content (AvgIpc) is 2.94. The molecule has 0 radical (unpaired) electrons. The highest BCUT2D eigenvalue weighted by Gasteiger charge is 2.40. The summed E-state index contributed by atoms with van der Waals surface area (Å²) in [7, 11) is 0. The van der Waals surface area contributed by atoms with Gasteiger partial charge < -0.3 is 10.4 Å². The highest BCUT2D eigenvalue weighted by molar-refractivity contribution is 6.33. The first-order valence-electron chi connectivity index (χ1n) is 8.25. The van der Waals surface area contributed by atoms with Crippen LogP contribution in [-0.4, -0.2) is 45.9 Å². The van der Waals surface area contributed by atoms with E-state index >= 15 is 0 Å². The van der Waals surface area contributed by atoms with Crippen LogP contribution in [0.4, 0.5) is 5.69 Å². The minimum Gasteiger partial charge on any atom is -0.395 e. The SMILES string of the molecule is O=C(NCCO)c1ccc(N2C(=O)c3nc4ccccc4nc3C2=O)cc1. The average molecular weight is 362 g/mol. The summed E-state index contributed by atoms with van der Waals surface area (Å²) < 4.78 is 0. The van der Waals surface area contributed by atoms with Gasteiger partial charge in [0, 0.05) is 12.1 Å². The number of carbonyl (C=O) groups is 3. The van der Waals surface area contributed by atoms with E-state index in [4.69, 9.17) is 5.11 Å². The second-order valence-corrected chi connectivity index (χ2v) is 5.88. The lowest BCUT2D eigenvalue weighted by Crippen LogP contribution is -2.30. The summed E-state index contributed by atoms with van der Waals surface area (Å²) in [5, 5.41) is 11.3. The second kappa shape index (κ2) is 6.58. The van der Waals surface area contributed by atoms with Gasteiger partial charge in [0.25, 0.3) is 17.7 Å². The highest BCUT2D eigenvalue weighted by atomic mass is 16.3. The van der Waals surface area contributed by atoms with E-state index in [1.807, 2.05) is 0 Å². The molecule has 0 bridgehead atoms. The van der Waals surface area contributed by atoms with Gasteiger partial charge in [-0.15, -0.1) is 0 Å². The number of benzene rings is 2. The fraction of sp³-hybridized carbons (Fsp3) is 0.105. The van der Waals surface area contributed by atoms with Crippen LogP contribution in [0.2, 0.25) is 0 Å². The Kier molecular flexibility index (Phi) is 4.09. The number of hydrogen-bond acceptors (Lipinski definition) is 6. The third-order valence-corrected chi connectivity index (χ3v) is 4.17. The number of hydrogen-bond donors (Lipinski definition) is 2. The van der Waals surface area contributed by atoms with Crippen molar-refractivity contribution in [2.24, 2.45) is 0 Å². The number of amides is 3. The minimum absolute atomic E-state index is 0.0171. The first-order valence-corrected chi connectivity index (χ1v) is 8.25. The fourth-order valence-electron chi connectivity index (χ4n) is 2.87. The number of imide groups is 1. The smallest absolute Gasteiger partial charge is 0.286 e. The topological polar surface area (TPSA) is 112 Å². The predicted molar refractivity (Wildman–Crippen MR) is 96.5 cm³/mol. The molecule has 0 aliphatic carbocycles. The number of anilines is 1. The van der Waals surface area contributed by atoms with Crippen molar-refractivity contribution in [1.82, 2.24) is 15.3 Å². The van der Waals surface area contributed by atoms with Gasteiger partial charge in [0.1, 0.15) is 0 Å². The van der Waals surface area contributed by atoms with Crippen LogP contribution in [0, 0.1) is 0 Å². The summed E-state index contributed by atoms with van der Waals surface area (Å²) in [6.07, 6.45) is 0. The molecule has 0 saturated carbocycles. The molecule has 1 aromatic heterocycles. The van der Waals surface area contributed by atoms with Gasteiger partial charge >= 0.3 is 0 Å². The minimum atomic E-state index is -0.550. The molecule has 0 spiro atoms. The van der Waals surface area contributed by atoms with Crippen molar-refractivity contribution < 1.29 is 19.5 Å². The van der Waals surface area contributed by atoms with E-state index in [2.05, 4.69) is 15.3 Å². The van der Waals surface area contributed by atoms with Crippen molar-refractivity contribution in [2.45, 2.75) is 0 Å². The Labute approximate surface area is 153 Å². The molecule has 2 heterocycles. The monoisotopic (exact) mass is 362 g/mol. The van der Waals surface area contributed by atoms with Crippen LogP contribution in [0.5, 0.6) is 0 Å². The van der Waals surface area contributed by atoms with Crippen molar-refractivity contribution in [3.8, 4) is 0 Å². The highest BCUT2D eigenvalue weighted by Crippen LogP contribution is 2.28. The van der Waals surface area contributed by atoms with Gasteiger partial charge in [-0.1, -0.05) is 12.1 Å². The number of nitrogens with one attached hydrogen (secondary N) is 1. The van der Waals surface area contributed by atoms with Crippen LogP contribution in [0.1, 0.15) is 31.3 Å². The lowest BCUT2D eigenvalue weighted by atomic mass is 10.2. The number of aliphatic hydroxyl groups is 1. The maximum Gasteiger partial charge on any atom is 0.286 e. The lowest BCUT2D eigenvalue weighted by Gasteiger charge is -2.13.